The van der Waals surface area contributed by atoms with Gasteiger partial charge in [-0.1, -0.05) is 23.2 Å². The largest absolute Gasteiger partial charge is 0.747 e. The van der Waals surface area contributed by atoms with Crippen molar-refractivity contribution in [1.29, 1.82) is 0 Å². The van der Waals surface area contributed by atoms with Gasteiger partial charge in [0.05, 0.1) is 43.5 Å². The van der Waals surface area contributed by atoms with Gasteiger partial charge >= 0.3 is 16.1 Å². The number of methoxy groups -OCH3 is 2. The van der Waals surface area contributed by atoms with Gasteiger partial charge in [-0.3, -0.25) is 9.79 Å². The first-order valence-corrected chi connectivity index (χ1v) is 20.8. The van der Waals surface area contributed by atoms with Gasteiger partial charge in [-0.15, -0.1) is 4.89 Å². The van der Waals surface area contributed by atoms with E-state index >= 15 is 0 Å². The fourth-order valence-corrected chi connectivity index (χ4v) is 12.2. The Morgan fingerprint density at radius 1 is 0.788 bits per heavy atom. The summed E-state index contributed by atoms with van der Waals surface area (Å²) in [6.07, 6.45) is 7.54. The lowest BCUT2D eigenvalue weighted by Gasteiger charge is -2.59. The molecule has 8 saturated carbocycles. The summed E-state index contributed by atoms with van der Waals surface area (Å²) in [6, 6.07) is 8.78. The molecule has 52 heavy (non-hydrogen) atoms. The molecule has 280 valence electrons. The maximum atomic E-state index is 11.7. The first-order valence-electron chi connectivity index (χ1n) is 20.4. The smallest absolute Gasteiger partial charge is 0.496 e. The van der Waals surface area contributed by atoms with Gasteiger partial charge in [0.15, 0.2) is 5.75 Å². The summed E-state index contributed by atoms with van der Waals surface area (Å²) in [5, 5.41) is 0.0433. The van der Waals surface area contributed by atoms with E-state index in [0.717, 1.165) is 49.7 Å². The zero-order chi connectivity index (χ0) is 41.6. The fraction of sp³-hybridized carbons (Fsp3) is 0.568. The standard InChI is InChI=1S/C37H42Cl2O11P2/c1-45-34(22-3-5-28(38)30(11-22)49-51(40)41)32-24-7-20-8-25(32)16-36(13-20,15-24)47-19-48-37-14-21-9-26(17-37)33(27(10-21)18-37)35(46-2)23-4-6-29(39)31(12-23)50-52(42,43)44/h3-6,11-12,20-21,24-27H,7-10,13-19H2,1-2H3,(H2-,40,41,42,43,44)/p+1/i1D3,2D3. The van der Waals surface area contributed by atoms with E-state index in [2.05, 4.69) is 0 Å². The molecule has 5 unspecified atom stereocenters. The van der Waals surface area contributed by atoms with Crippen LogP contribution >= 0.6 is 39.3 Å². The van der Waals surface area contributed by atoms with Crippen molar-refractivity contribution < 1.29 is 60.0 Å². The van der Waals surface area contributed by atoms with E-state index in [4.69, 9.17) is 59.4 Å². The highest BCUT2D eigenvalue weighted by Crippen LogP contribution is 2.63. The summed E-state index contributed by atoms with van der Waals surface area (Å²) in [4.78, 5) is 28.3. The number of hydrogen-bond donors (Lipinski definition) is 3. The number of hydrogen-bond acceptors (Lipinski definition) is 8. The lowest BCUT2D eigenvalue weighted by molar-refractivity contribution is -0.250. The molecule has 0 spiro atoms. The van der Waals surface area contributed by atoms with E-state index in [0.29, 0.717) is 48.6 Å². The van der Waals surface area contributed by atoms with Crippen LogP contribution in [0.1, 0.15) is 83.6 Å². The summed E-state index contributed by atoms with van der Waals surface area (Å²) in [5.41, 5.74) is 1.44. The molecular weight excluding hydrogens is 753 g/mol. The van der Waals surface area contributed by atoms with E-state index < -0.39 is 41.4 Å². The molecule has 10 rings (SSSR count). The Balaban J connectivity index is 1.02. The maximum absolute atomic E-state index is 11.7. The number of halogens is 2. The Labute approximate surface area is 322 Å². The molecule has 2 aromatic carbocycles. The highest BCUT2D eigenvalue weighted by molar-refractivity contribution is 7.46. The van der Waals surface area contributed by atoms with Crippen molar-refractivity contribution in [1.82, 2.24) is 0 Å². The number of ether oxygens (including phenoxy) is 4. The van der Waals surface area contributed by atoms with Crippen LogP contribution in [0.2, 0.25) is 10.0 Å². The van der Waals surface area contributed by atoms with E-state index in [9.17, 15) is 23.8 Å². The topological polar surface area (TPSA) is 150 Å². The van der Waals surface area contributed by atoms with Gasteiger partial charge in [0.25, 0.3) is 0 Å². The second-order valence-electron chi connectivity index (χ2n) is 15.4. The van der Waals surface area contributed by atoms with Crippen molar-refractivity contribution in [2.24, 2.45) is 35.5 Å². The van der Waals surface area contributed by atoms with Crippen molar-refractivity contribution >= 4 is 50.8 Å². The zero-order valence-electron chi connectivity index (χ0n) is 34.0. The molecule has 0 aromatic heterocycles. The third-order valence-corrected chi connectivity index (χ3v) is 13.7. The molecule has 0 aliphatic heterocycles. The normalized spacial score (nSPS) is 35.1. The number of benzene rings is 2. The van der Waals surface area contributed by atoms with Crippen LogP contribution in [0, 0.1) is 35.5 Å². The maximum Gasteiger partial charge on any atom is 0.747 e. The number of allylic oxidation sites excluding steroid dienone is 2. The summed E-state index contributed by atoms with van der Waals surface area (Å²) in [7, 11) is -13.5. The molecule has 2 aromatic rings. The van der Waals surface area contributed by atoms with Crippen molar-refractivity contribution in [3.8, 4) is 11.5 Å². The minimum atomic E-state index is -4.97. The van der Waals surface area contributed by atoms with Crippen LogP contribution < -0.4 is 9.05 Å². The van der Waals surface area contributed by atoms with Crippen molar-refractivity contribution in [2.75, 3.05) is 20.9 Å². The Hall–Kier alpha value is -2.17. The predicted molar refractivity (Wildman–Crippen MR) is 193 cm³/mol. The summed E-state index contributed by atoms with van der Waals surface area (Å²) in [6.45, 7) is 0.0607. The van der Waals surface area contributed by atoms with E-state index in [1.165, 1.54) is 24.3 Å². The van der Waals surface area contributed by atoms with Gasteiger partial charge in [-0.2, -0.15) is 0 Å². The Morgan fingerprint density at radius 3 is 1.65 bits per heavy atom. The molecule has 8 aliphatic rings. The lowest BCUT2D eigenvalue weighted by atomic mass is 9.51. The molecule has 15 heteroatoms. The Kier molecular flexibility index (Phi) is 8.01. The van der Waals surface area contributed by atoms with Gasteiger partial charge in [-0.25, -0.2) is 9.09 Å². The summed E-state index contributed by atoms with van der Waals surface area (Å²) in [5.74, 6) is 0.519. The van der Waals surface area contributed by atoms with Crippen LogP contribution in [0.4, 0.5) is 0 Å². The minimum Gasteiger partial charge on any atom is -0.496 e. The SMILES string of the molecule is [2H]C([2H])([2H])OC(=C1C2CC3CC1CC(OCOC14CC5CC(C1)C(=C(OC([2H])([2H])[2H])c1ccc(Cl)c(OP(=O)(O)O)c1)C(C5)C4)(C3)C2)c1ccc(Cl)c(O[P+](=O)O)c1. The van der Waals surface area contributed by atoms with E-state index in [1.807, 2.05) is 0 Å². The monoisotopic (exact) mass is 801 g/mol. The molecule has 0 radical (unpaired) electrons. The van der Waals surface area contributed by atoms with Gasteiger partial charge in [-0.05, 0) is 147 Å². The average Bonchev–Trinajstić information content (AvgIpc) is 3.06. The van der Waals surface area contributed by atoms with Crippen LogP contribution in [0.15, 0.2) is 47.5 Å². The lowest BCUT2D eigenvalue weighted by Crippen LogP contribution is -2.55. The highest BCUT2D eigenvalue weighted by Gasteiger charge is 2.57. The molecule has 5 atom stereocenters. The van der Waals surface area contributed by atoms with Gasteiger partial charge in [0.1, 0.15) is 18.3 Å². The summed E-state index contributed by atoms with van der Waals surface area (Å²) < 4.78 is 106. The zero-order valence-corrected chi connectivity index (χ0v) is 31.3. The van der Waals surface area contributed by atoms with Crippen LogP contribution in [-0.4, -0.2) is 46.8 Å². The molecule has 3 N–H and O–H groups in total. The van der Waals surface area contributed by atoms with Gasteiger partial charge < -0.3 is 23.5 Å². The third kappa shape index (κ3) is 6.95. The number of rotatable bonds is 12. The second kappa shape index (κ2) is 13.8. The number of phosphoric acid groups is 1. The fourth-order valence-electron chi connectivity index (χ4n) is 11.0. The van der Waals surface area contributed by atoms with E-state index in [1.54, 1.807) is 12.1 Å². The number of phosphoric ester groups is 1. The molecule has 0 heterocycles. The molecule has 11 nitrogen and oxygen atoms in total. The first-order chi connectivity index (χ1) is 27.1. The van der Waals surface area contributed by atoms with E-state index in [-0.39, 0.29) is 63.5 Å². The van der Waals surface area contributed by atoms with Crippen molar-refractivity contribution in [3.05, 3.63) is 68.7 Å². The molecule has 0 saturated heterocycles. The third-order valence-electron chi connectivity index (χ3n) is 12.3. The van der Waals surface area contributed by atoms with Gasteiger partial charge in [0.2, 0.25) is 5.75 Å². The molecule has 8 aliphatic carbocycles. The Bertz CT molecular complexity index is 2070. The second-order valence-corrected chi connectivity index (χ2v) is 18.1. The highest BCUT2D eigenvalue weighted by atomic mass is 35.5. The predicted octanol–water partition coefficient (Wildman–Crippen LogP) is 9.06. The van der Waals surface area contributed by atoms with Crippen LogP contribution in [0.3, 0.4) is 0 Å². The van der Waals surface area contributed by atoms with Crippen molar-refractivity contribution in [2.45, 2.75) is 75.4 Å². The summed E-state index contributed by atoms with van der Waals surface area (Å²) >= 11 is 12.4. The average molecular weight is 803 g/mol. The van der Waals surface area contributed by atoms with Crippen LogP contribution in [0.5, 0.6) is 11.5 Å². The molecule has 8 bridgehead atoms. The van der Waals surface area contributed by atoms with Crippen LogP contribution in [0.25, 0.3) is 11.5 Å². The first kappa shape index (κ1) is 30.1. The van der Waals surface area contributed by atoms with Gasteiger partial charge in [0, 0.05) is 15.7 Å². The quantitative estimate of drug-likeness (QED) is 0.107. The molecular formula is C37H43Cl2O11P2+. The minimum absolute atomic E-state index is 0.0255. The van der Waals surface area contributed by atoms with Crippen LogP contribution in [-0.2, 0) is 28.1 Å². The molecule has 0 amide bonds. The molecule has 8 fully saturated rings. The Morgan fingerprint density at radius 2 is 1.23 bits per heavy atom. The van der Waals surface area contributed by atoms with Crippen molar-refractivity contribution in [3.63, 3.8) is 0 Å².